The summed E-state index contributed by atoms with van der Waals surface area (Å²) in [4.78, 5) is 2.42. The monoisotopic (exact) mass is 689 g/mol. The number of benzene rings is 9. The van der Waals surface area contributed by atoms with Crippen molar-refractivity contribution in [1.29, 1.82) is 0 Å². The Bertz CT molecular complexity index is 2920. The first kappa shape index (κ1) is 31.6. The van der Waals surface area contributed by atoms with Crippen LogP contribution in [0.4, 0.5) is 17.1 Å². The molecule has 1 heterocycles. The van der Waals surface area contributed by atoms with Gasteiger partial charge < -0.3 is 9.32 Å². The van der Waals surface area contributed by atoms with Crippen molar-refractivity contribution in [2.24, 2.45) is 0 Å². The molecule has 10 aromatic rings. The highest BCUT2D eigenvalue weighted by molar-refractivity contribution is 6.19. The van der Waals surface area contributed by atoms with Crippen LogP contribution in [0.1, 0.15) is 0 Å². The van der Waals surface area contributed by atoms with E-state index in [1.165, 1.54) is 22.1 Å². The SMILES string of the molecule is c1ccc(-c2ccc(-c3ccccc3N(c3cccc(-c4cccc5oc6c7ccccc7ccc6c45)c3)c3ccccc3-c3ccccc3)cc2)cc1. The van der Waals surface area contributed by atoms with Crippen LogP contribution in [0.25, 0.3) is 77.2 Å². The van der Waals surface area contributed by atoms with Gasteiger partial charge in [-0.25, -0.2) is 0 Å². The van der Waals surface area contributed by atoms with Gasteiger partial charge in [-0.3, -0.25) is 0 Å². The van der Waals surface area contributed by atoms with Crippen molar-refractivity contribution in [2.45, 2.75) is 0 Å². The summed E-state index contributed by atoms with van der Waals surface area (Å²) < 4.78 is 6.60. The summed E-state index contributed by atoms with van der Waals surface area (Å²) in [6, 6.07) is 75.8. The van der Waals surface area contributed by atoms with Crippen molar-refractivity contribution < 1.29 is 4.42 Å². The number of rotatable bonds is 7. The Hall–Kier alpha value is -7.16. The lowest BCUT2D eigenvalue weighted by molar-refractivity contribution is 0.673. The van der Waals surface area contributed by atoms with Crippen LogP contribution in [-0.2, 0) is 0 Å². The molecule has 0 aliphatic rings. The predicted molar refractivity (Wildman–Crippen MR) is 228 cm³/mol. The zero-order chi connectivity index (χ0) is 35.8. The first-order chi connectivity index (χ1) is 26.8. The van der Waals surface area contributed by atoms with Gasteiger partial charge in [-0.15, -0.1) is 0 Å². The lowest BCUT2D eigenvalue weighted by Gasteiger charge is -2.30. The Kier molecular flexibility index (Phi) is 7.85. The maximum atomic E-state index is 6.60. The van der Waals surface area contributed by atoms with Crippen LogP contribution < -0.4 is 4.90 Å². The molecule has 54 heavy (non-hydrogen) atoms. The summed E-state index contributed by atoms with van der Waals surface area (Å²) >= 11 is 0. The van der Waals surface area contributed by atoms with Crippen LogP contribution in [-0.4, -0.2) is 0 Å². The lowest BCUT2D eigenvalue weighted by Crippen LogP contribution is -2.12. The fourth-order valence-corrected chi connectivity index (χ4v) is 7.93. The van der Waals surface area contributed by atoms with Crippen molar-refractivity contribution >= 4 is 49.8 Å². The van der Waals surface area contributed by atoms with Crippen LogP contribution in [0.15, 0.2) is 217 Å². The summed E-state index contributed by atoms with van der Waals surface area (Å²) in [5.74, 6) is 0. The lowest BCUT2D eigenvalue weighted by atomic mass is 9.96. The van der Waals surface area contributed by atoms with Crippen LogP contribution in [0.3, 0.4) is 0 Å². The topological polar surface area (TPSA) is 16.4 Å². The van der Waals surface area contributed by atoms with Crippen LogP contribution in [0, 0.1) is 0 Å². The number of hydrogen-bond acceptors (Lipinski definition) is 2. The summed E-state index contributed by atoms with van der Waals surface area (Å²) in [5.41, 5.74) is 14.4. The van der Waals surface area contributed by atoms with E-state index in [1.54, 1.807) is 0 Å². The molecule has 1 aromatic heterocycles. The quantitative estimate of drug-likeness (QED) is 0.166. The van der Waals surface area contributed by atoms with Crippen molar-refractivity contribution in [3.05, 3.63) is 212 Å². The minimum absolute atomic E-state index is 0.889. The van der Waals surface area contributed by atoms with Crippen LogP contribution in [0.2, 0.25) is 0 Å². The zero-order valence-corrected chi connectivity index (χ0v) is 29.6. The molecule has 0 amide bonds. The standard InChI is InChI=1S/C52H35NO/c1-3-15-36(16-4-1)37-29-31-40(32-30-37)44-23-10-12-27-49(44)53(48-26-11-9-22-43(48)38-17-5-2-6-18-38)42-21-13-20-41(35-42)45-25-14-28-50-51(45)47-34-33-39-19-7-8-24-46(39)52(47)54-50/h1-35H. The van der Waals surface area contributed by atoms with Gasteiger partial charge in [0.25, 0.3) is 0 Å². The van der Waals surface area contributed by atoms with Gasteiger partial charge in [-0.2, -0.15) is 0 Å². The summed E-state index contributed by atoms with van der Waals surface area (Å²) in [6.45, 7) is 0. The average Bonchev–Trinajstić information content (AvgIpc) is 3.65. The molecule has 0 spiro atoms. The van der Waals surface area contributed by atoms with E-state index in [0.717, 1.165) is 72.2 Å². The van der Waals surface area contributed by atoms with E-state index in [-0.39, 0.29) is 0 Å². The van der Waals surface area contributed by atoms with Crippen molar-refractivity contribution in [2.75, 3.05) is 4.90 Å². The van der Waals surface area contributed by atoms with Crippen LogP contribution >= 0.6 is 0 Å². The van der Waals surface area contributed by atoms with E-state index >= 15 is 0 Å². The highest BCUT2D eigenvalue weighted by atomic mass is 16.3. The Morgan fingerprint density at radius 2 is 0.870 bits per heavy atom. The van der Waals surface area contributed by atoms with Crippen LogP contribution in [0.5, 0.6) is 0 Å². The first-order valence-electron chi connectivity index (χ1n) is 18.4. The van der Waals surface area contributed by atoms with E-state index in [2.05, 4.69) is 217 Å². The average molecular weight is 690 g/mol. The molecule has 0 fully saturated rings. The highest BCUT2D eigenvalue weighted by Gasteiger charge is 2.22. The fourth-order valence-electron chi connectivity index (χ4n) is 7.93. The number of hydrogen-bond donors (Lipinski definition) is 0. The van der Waals surface area contributed by atoms with Gasteiger partial charge >= 0.3 is 0 Å². The van der Waals surface area contributed by atoms with Gasteiger partial charge in [0.1, 0.15) is 11.2 Å². The molecule has 0 N–H and O–H groups in total. The molecule has 0 bridgehead atoms. The Balaban J connectivity index is 1.17. The Labute approximate surface area is 314 Å². The molecule has 0 saturated carbocycles. The third kappa shape index (κ3) is 5.53. The van der Waals surface area contributed by atoms with Gasteiger partial charge in [0.15, 0.2) is 0 Å². The summed E-state index contributed by atoms with van der Waals surface area (Å²) in [5, 5.41) is 4.56. The molecule has 9 aromatic carbocycles. The van der Waals surface area contributed by atoms with Gasteiger partial charge in [0.2, 0.25) is 0 Å². The molecule has 2 nitrogen and oxygen atoms in total. The summed E-state index contributed by atoms with van der Waals surface area (Å²) in [7, 11) is 0. The van der Waals surface area contributed by atoms with Gasteiger partial charge in [0, 0.05) is 33.0 Å². The van der Waals surface area contributed by atoms with E-state index in [4.69, 9.17) is 4.42 Å². The molecular weight excluding hydrogens is 655 g/mol. The zero-order valence-electron chi connectivity index (χ0n) is 29.6. The summed E-state index contributed by atoms with van der Waals surface area (Å²) in [6.07, 6.45) is 0. The van der Waals surface area contributed by atoms with E-state index in [1.807, 2.05) is 0 Å². The molecule has 2 heteroatoms. The van der Waals surface area contributed by atoms with E-state index in [9.17, 15) is 0 Å². The molecule has 10 rings (SSSR count). The third-order valence-corrected chi connectivity index (χ3v) is 10.5. The number of furan rings is 1. The first-order valence-corrected chi connectivity index (χ1v) is 18.4. The van der Waals surface area contributed by atoms with E-state index in [0.29, 0.717) is 0 Å². The number of nitrogens with zero attached hydrogens (tertiary/aromatic N) is 1. The molecular formula is C52H35NO. The fraction of sp³-hybridized carbons (Fsp3) is 0. The second-order valence-electron chi connectivity index (χ2n) is 13.7. The Morgan fingerprint density at radius 1 is 0.333 bits per heavy atom. The number of para-hydroxylation sites is 2. The molecule has 0 aliphatic carbocycles. The van der Waals surface area contributed by atoms with Crippen molar-refractivity contribution in [1.82, 2.24) is 0 Å². The third-order valence-electron chi connectivity index (χ3n) is 10.5. The molecule has 0 saturated heterocycles. The maximum absolute atomic E-state index is 6.60. The van der Waals surface area contributed by atoms with E-state index < -0.39 is 0 Å². The van der Waals surface area contributed by atoms with Gasteiger partial charge in [-0.1, -0.05) is 176 Å². The van der Waals surface area contributed by atoms with Crippen molar-refractivity contribution in [3.63, 3.8) is 0 Å². The molecule has 0 aliphatic heterocycles. The second kappa shape index (κ2) is 13.4. The van der Waals surface area contributed by atoms with Gasteiger partial charge in [0.05, 0.1) is 11.4 Å². The molecule has 0 radical (unpaired) electrons. The number of anilines is 3. The normalized spacial score (nSPS) is 11.3. The van der Waals surface area contributed by atoms with Gasteiger partial charge in [-0.05, 0) is 75.2 Å². The minimum atomic E-state index is 0.889. The smallest absolute Gasteiger partial charge is 0.143 e. The molecule has 0 unspecified atom stereocenters. The highest BCUT2D eigenvalue weighted by Crippen LogP contribution is 2.46. The van der Waals surface area contributed by atoms with Crippen molar-refractivity contribution in [3.8, 4) is 44.5 Å². The minimum Gasteiger partial charge on any atom is -0.455 e. The Morgan fingerprint density at radius 3 is 1.61 bits per heavy atom. The molecule has 254 valence electrons. The predicted octanol–water partition coefficient (Wildman–Crippen LogP) is 14.9. The molecule has 0 atom stereocenters. The number of fused-ring (bicyclic) bond motifs is 5. The maximum Gasteiger partial charge on any atom is 0.143 e. The second-order valence-corrected chi connectivity index (χ2v) is 13.7. The largest absolute Gasteiger partial charge is 0.455 e.